The smallest absolute Gasteiger partial charge is 0.285 e. The van der Waals surface area contributed by atoms with Gasteiger partial charge in [0.2, 0.25) is 0 Å². The molecule has 2 heteroatoms. The Balaban J connectivity index is 1.70. The van der Waals surface area contributed by atoms with Gasteiger partial charge in [-0.2, -0.15) is 0 Å². The van der Waals surface area contributed by atoms with Gasteiger partial charge in [0.15, 0.2) is 0 Å². The van der Waals surface area contributed by atoms with E-state index in [1.54, 1.807) is 0 Å². The van der Waals surface area contributed by atoms with E-state index in [1.807, 2.05) is 6.92 Å². The molecule has 4 rings (SSSR count). The van der Waals surface area contributed by atoms with Crippen LogP contribution >= 0.6 is 0 Å². The molecule has 1 aliphatic carbocycles. The molecule has 0 radical (unpaired) electrons. The van der Waals surface area contributed by atoms with Gasteiger partial charge in [0.1, 0.15) is 11.9 Å². The molecule has 0 amide bonds. The van der Waals surface area contributed by atoms with E-state index >= 15 is 0 Å². The zero-order valence-electron chi connectivity index (χ0n) is 19.4. The molecule has 1 heterocycles. The fourth-order valence-corrected chi connectivity index (χ4v) is 5.05. The zero-order chi connectivity index (χ0) is 21.8. The summed E-state index contributed by atoms with van der Waals surface area (Å²) in [6.45, 7) is 9.14. The van der Waals surface area contributed by atoms with Crippen LogP contribution in [0, 0.1) is 11.3 Å². The lowest BCUT2D eigenvalue weighted by Gasteiger charge is -2.41. The maximum atomic E-state index is 6.70. The molecule has 2 unspecified atom stereocenters. The molecule has 2 aromatic rings. The Hall–Kier alpha value is -2.48. The fraction of sp³-hybridized carbons (Fsp3) is 0.448. The summed E-state index contributed by atoms with van der Waals surface area (Å²) in [7, 11) is 0. The molecule has 31 heavy (non-hydrogen) atoms. The number of hydrogen-bond donors (Lipinski definition) is 0. The molecule has 0 N–H and O–H groups in total. The van der Waals surface area contributed by atoms with Crippen LogP contribution in [0.3, 0.4) is 0 Å². The standard InChI is InChI=1S/C29H36O2/c1-21(2)29(4)19-11-16-25(20-29)31-28-26(18-17-22(3)30-28)27(23-12-7-5-8-13-23)24-14-9-6-10-15-24/h5-10,12-15,17,21,25,27H,11,16,18-20H2,1-4H3. The van der Waals surface area contributed by atoms with Gasteiger partial charge >= 0.3 is 0 Å². The van der Waals surface area contributed by atoms with Crippen LogP contribution in [-0.4, -0.2) is 6.10 Å². The maximum absolute atomic E-state index is 6.70. The van der Waals surface area contributed by atoms with E-state index in [2.05, 4.69) is 87.5 Å². The quantitative estimate of drug-likeness (QED) is 0.475. The van der Waals surface area contributed by atoms with Crippen LogP contribution in [0.25, 0.3) is 0 Å². The highest BCUT2D eigenvalue weighted by atomic mass is 16.7. The van der Waals surface area contributed by atoms with Crippen molar-refractivity contribution in [2.45, 2.75) is 71.8 Å². The Morgan fingerprint density at radius 2 is 1.58 bits per heavy atom. The van der Waals surface area contributed by atoms with E-state index < -0.39 is 0 Å². The lowest BCUT2D eigenvalue weighted by atomic mass is 9.67. The first-order valence-corrected chi connectivity index (χ1v) is 11.8. The Labute approximate surface area is 188 Å². The molecule has 0 spiro atoms. The molecular weight excluding hydrogens is 380 g/mol. The summed E-state index contributed by atoms with van der Waals surface area (Å²) in [5.74, 6) is 2.45. The molecule has 164 valence electrons. The predicted molar refractivity (Wildman–Crippen MR) is 127 cm³/mol. The summed E-state index contributed by atoms with van der Waals surface area (Å²) < 4.78 is 13.0. The monoisotopic (exact) mass is 416 g/mol. The van der Waals surface area contributed by atoms with Crippen LogP contribution in [0.2, 0.25) is 0 Å². The van der Waals surface area contributed by atoms with Crippen molar-refractivity contribution in [3.63, 3.8) is 0 Å². The van der Waals surface area contributed by atoms with Gasteiger partial charge < -0.3 is 9.47 Å². The second-order valence-corrected chi connectivity index (χ2v) is 9.83. The lowest BCUT2D eigenvalue weighted by molar-refractivity contribution is -0.0436. The lowest BCUT2D eigenvalue weighted by Crippen LogP contribution is -2.34. The molecule has 2 aliphatic rings. The highest BCUT2D eigenvalue weighted by molar-refractivity contribution is 5.43. The van der Waals surface area contributed by atoms with Crippen LogP contribution in [0.1, 0.15) is 76.8 Å². The van der Waals surface area contributed by atoms with Crippen LogP contribution in [0.5, 0.6) is 0 Å². The summed E-state index contributed by atoms with van der Waals surface area (Å²) in [6, 6.07) is 21.5. The predicted octanol–water partition coefficient (Wildman–Crippen LogP) is 7.98. The van der Waals surface area contributed by atoms with Crippen molar-refractivity contribution < 1.29 is 9.47 Å². The van der Waals surface area contributed by atoms with Gasteiger partial charge in [-0.1, -0.05) is 81.4 Å². The number of allylic oxidation sites excluding steroid dienone is 3. The largest absolute Gasteiger partial charge is 0.462 e. The van der Waals surface area contributed by atoms with Gasteiger partial charge in [-0.3, -0.25) is 0 Å². The number of hydrogen-bond acceptors (Lipinski definition) is 2. The van der Waals surface area contributed by atoms with E-state index in [1.165, 1.54) is 29.5 Å². The van der Waals surface area contributed by atoms with Crippen molar-refractivity contribution in [2.24, 2.45) is 11.3 Å². The summed E-state index contributed by atoms with van der Waals surface area (Å²) in [5.41, 5.74) is 4.11. The first kappa shape index (κ1) is 21.7. The number of benzene rings is 2. The number of ether oxygens (including phenoxy) is 2. The molecule has 1 aliphatic heterocycles. The topological polar surface area (TPSA) is 18.5 Å². The van der Waals surface area contributed by atoms with E-state index in [-0.39, 0.29) is 12.0 Å². The third kappa shape index (κ3) is 4.89. The van der Waals surface area contributed by atoms with Crippen molar-refractivity contribution >= 4 is 0 Å². The van der Waals surface area contributed by atoms with Crippen molar-refractivity contribution in [2.75, 3.05) is 0 Å². The van der Waals surface area contributed by atoms with Crippen LogP contribution < -0.4 is 0 Å². The van der Waals surface area contributed by atoms with E-state index in [9.17, 15) is 0 Å². The van der Waals surface area contributed by atoms with Gasteiger partial charge in [-0.25, -0.2) is 0 Å². The van der Waals surface area contributed by atoms with E-state index in [0.717, 1.165) is 31.0 Å². The SMILES string of the molecule is CC1=CCC(C(c2ccccc2)c2ccccc2)=C(OC2CCCC(C)(C(C)C)C2)O1. The minimum Gasteiger partial charge on any atom is -0.462 e. The van der Waals surface area contributed by atoms with Crippen molar-refractivity contribution in [3.8, 4) is 0 Å². The maximum Gasteiger partial charge on any atom is 0.285 e. The average molecular weight is 417 g/mol. The number of rotatable bonds is 6. The molecule has 1 fully saturated rings. The normalized spacial score (nSPS) is 24.2. The molecule has 0 aromatic heterocycles. The van der Waals surface area contributed by atoms with Crippen molar-refractivity contribution in [1.29, 1.82) is 0 Å². The Morgan fingerprint density at radius 1 is 0.968 bits per heavy atom. The first-order valence-electron chi connectivity index (χ1n) is 11.8. The van der Waals surface area contributed by atoms with Gasteiger partial charge in [0.05, 0.1) is 0 Å². The van der Waals surface area contributed by atoms with Gasteiger partial charge in [-0.15, -0.1) is 0 Å². The highest BCUT2D eigenvalue weighted by Gasteiger charge is 2.37. The van der Waals surface area contributed by atoms with E-state index in [4.69, 9.17) is 9.47 Å². The minimum atomic E-state index is 0.127. The molecule has 2 nitrogen and oxygen atoms in total. The summed E-state index contributed by atoms with van der Waals surface area (Å²) >= 11 is 0. The third-order valence-corrected chi connectivity index (χ3v) is 7.38. The third-order valence-electron chi connectivity index (χ3n) is 7.38. The van der Waals surface area contributed by atoms with Crippen LogP contribution in [-0.2, 0) is 9.47 Å². The minimum absolute atomic E-state index is 0.127. The Morgan fingerprint density at radius 3 is 2.16 bits per heavy atom. The van der Waals surface area contributed by atoms with Crippen molar-refractivity contribution in [3.05, 3.63) is 95.1 Å². The van der Waals surface area contributed by atoms with Gasteiger partial charge in [-0.05, 0) is 67.6 Å². The molecular formula is C29H36O2. The molecule has 2 aromatic carbocycles. The summed E-state index contributed by atoms with van der Waals surface area (Å²) in [5, 5.41) is 0. The van der Waals surface area contributed by atoms with Gasteiger partial charge in [0, 0.05) is 11.5 Å². The highest BCUT2D eigenvalue weighted by Crippen LogP contribution is 2.45. The van der Waals surface area contributed by atoms with Crippen LogP contribution in [0.15, 0.2) is 84.0 Å². The van der Waals surface area contributed by atoms with Gasteiger partial charge in [0.25, 0.3) is 5.95 Å². The molecule has 2 atom stereocenters. The molecule has 0 bridgehead atoms. The Bertz CT molecular complexity index is 886. The molecule has 1 saturated carbocycles. The second-order valence-electron chi connectivity index (χ2n) is 9.83. The average Bonchev–Trinajstić information content (AvgIpc) is 2.77. The first-order chi connectivity index (χ1) is 15.0. The summed E-state index contributed by atoms with van der Waals surface area (Å²) in [6.07, 6.45) is 7.94. The second kappa shape index (κ2) is 9.34. The van der Waals surface area contributed by atoms with Crippen LogP contribution in [0.4, 0.5) is 0 Å². The summed E-state index contributed by atoms with van der Waals surface area (Å²) in [4.78, 5) is 0. The van der Waals surface area contributed by atoms with E-state index in [0.29, 0.717) is 11.3 Å². The zero-order valence-corrected chi connectivity index (χ0v) is 19.4. The molecule has 0 saturated heterocycles. The Kier molecular flexibility index (Phi) is 6.55. The van der Waals surface area contributed by atoms with Crippen molar-refractivity contribution in [1.82, 2.24) is 0 Å². The fourth-order valence-electron chi connectivity index (χ4n) is 5.05.